The van der Waals surface area contributed by atoms with Gasteiger partial charge in [-0.25, -0.2) is 0 Å². The summed E-state index contributed by atoms with van der Waals surface area (Å²) < 4.78 is 0. The van der Waals surface area contributed by atoms with Crippen LogP contribution in [0.25, 0.3) is 0 Å². The van der Waals surface area contributed by atoms with E-state index in [9.17, 15) is 24.5 Å². The molecule has 0 radical (unpaired) electrons. The SMILES string of the molecule is C[C@H](NC(=O)c1cccc([N+](=O)[O-])c1)C(=O)N1CCN(CC(=O)NC2CC2)CC1. The summed E-state index contributed by atoms with van der Waals surface area (Å²) in [6, 6.07) is 4.95. The minimum absolute atomic E-state index is 0.0184. The van der Waals surface area contributed by atoms with Crippen molar-refractivity contribution in [3.8, 4) is 0 Å². The molecule has 10 nitrogen and oxygen atoms in total. The number of amides is 3. The molecule has 0 spiro atoms. The lowest BCUT2D eigenvalue weighted by Gasteiger charge is -2.35. The second-order valence-corrected chi connectivity index (χ2v) is 7.45. The molecule has 2 fully saturated rings. The predicted octanol–water partition coefficient (Wildman–Crippen LogP) is 0.136. The summed E-state index contributed by atoms with van der Waals surface area (Å²) in [6.45, 7) is 4.06. The van der Waals surface area contributed by atoms with Gasteiger partial charge in [-0.2, -0.15) is 0 Å². The zero-order valence-electron chi connectivity index (χ0n) is 16.3. The molecule has 2 N–H and O–H groups in total. The zero-order chi connectivity index (χ0) is 21.0. The van der Waals surface area contributed by atoms with E-state index in [0.717, 1.165) is 12.8 Å². The van der Waals surface area contributed by atoms with E-state index in [2.05, 4.69) is 10.6 Å². The molecule has 2 aliphatic rings. The number of carbonyl (C=O) groups is 3. The van der Waals surface area contributed by atoms with Crippen molar-refractivity contribution in [2.24, 2.45) is 0 Å². The number of piperazine rings is 1. The second-order valence-electron chi connectivity index (χ2n) is 7.45. The lowest BCUT2D eigenvalue weighted by atomic mass is 10.1. The summed E-state index contributed by atoms with van der Waals surface area (Å²) >= 11 is 0. The van der Waals surface area contributed by atoms with Crippen molar-refractivity contribution in [3.05, 3.63) is 39.9 Å². The molecule has 1 saturated carbocycles. The van der Waals surface area contributed by atoms with Crippen LogP contribution < -0.4 is 10.6 Å². The maximum absolute atomic E-state index is 12.6. The molecule has 29 heavy (non-hydrogen) atoms. The number of non-ortho nitro benzene ring substituents is 1. The third-order valence-corrected chi connectivity index (χ3v) is 5.03. The van der Waals surface area contributed by atoms with Crippen molar-refractivity contribution in [1.29, 1.82) is 0 Å². The number of carbonyl (C=O) groups excluding carboxylic acids is 3. The maximum Gasteiger partial charge on any atom is 0.270 e. The van der Waals surface area contributed by atoms with E-state index in [1.165, 1.54) is 24.3 Å². The normalized spacial score (nSPS) is 18.0. The van der Waals surface area contributed by atoms with E-state index in [4.69, 9.17) is 0 Å². The lowest BCUT2D eigenvalue weighted by molar-refractivity contribution is -0.384. The highest BCUT2D eigenvalue weighted by molar-refractivity contribution is 5.97. The molecular weight excluding hydrogens is 378 g/mol. The summed E-state index contributed by atoms with van der Waals surface area (Å²) in [7, 11) is 0. The molecule has 3 rings (SSSR count). The molecule has 1 aromatic rings. The van der Waals surface area contributed by atoms with Gasteiger partial charge in [-0.1, -0.05) is 6.07 Å². The van der Waals surface area contributed by atoms with Crippen molar-refractivity contribution in [1.82, 2.24) is 20.4 Å². The fourth-order valence-electron chi connectivity index (χ4n) is 3.21. The quantitative estimate of drug-likeness (QED) is 0.493. The molecule has 1 aliphatic heterocycles. The van der Waals surface area contributed by atoms with Crippen LogP contribution in [0.5, 0.6) is 0 Å². The fourth-order valence-corrected chi connectivity index (χ4v) is 3.21. The van der Waals surface area contributed by atoms with Gasteiger partial charge >= 0.3 is 0 Å². The van der Waals surface area contributed by atoms with Crippen LogP contribution in [0.3, 0.4) is 0 Å². The Morgan fingerprint density at radius 1 is 1.21 bits per heavy atom. The van der Waals surface area contributed by atoms with Gasteiger partial charge in [0.1, 0.15) is 6.04 Å². The Hall–Kier alpha value is -3.01. The third kappa shape index (κ3) is 5.74. The molecule has 0 unspecified atom stereocenters. The van der Waals surface area contributed by atoms with Crippen LogP contribution >= 0.6 is 0 Å². The molecule has 1 atom stereocenters. The monoisotopic (exact) mass is 403 g/mol. The molecule has 1 aliphatic carbocycles. The van der Waals surface area contributed by atoms with Gasteiger partial charge in [0.2, 0.25) is 11.8 Å². The Morgan fingerprint density at radius 3 is 2.52 bits per heavy atom. The summed E-state index contributed by atoms with van der Waals surface area (Å²) in [5.74, 6) is -0.736. The largest absolute Gasteiger partial charge is 0.352 e. The van der Waals surface area contributed by atoms with Crippen molar-refractivity contribution in [3.63, 3.8) is 0 Å². The van der Waals surface area contributed by atoms with Gasteiger partial charge in [0.25, 0.3) is 11.6 Å². The number of hydrogen-bond acceptors (Lipinski definition) is 6. The number of benzene rings is 1. The summed E-state index contributed by atoms with van der Waals surface area (Å²) in [4.78, 5) is 50.8. The average molecular weight is 403 g/mol. The van der Waals surface area contributed by atoms with Crippen LogP contribution in [0.4, 0.5) is 5.69 Å². The zero-order valence-corrected chi connectivity index (χ0v) is 16.3. The van der Waals surface area contributed by atoms with Gasteiger partial charge in [0, 0.05) is 49.9 Å². The van der Waals surface area contributed by atoms with Crippen molar-refractivity contribution in [2.75, 3.05) is 32.7 Å². The van der Waals surface area contributed by atoms with E-state index in [0.29, 0.717) is 38.8 Å². The number of nitrogens with zero attached hydrogens (tertiary/aromatic N) is 3. The van der Waals surface area contributed by atoms with E-state index in [1.807, 2.05) is 4.90 Å². The molecule has 10 heteroatoms. The first-order valence-corrected chi connectivity index (χ1v) is 9.69. The molecule has 3 amide bonds. The average Bonchev–Trinajstić information content (AvgIpc) is 3.51. The standard InChI is InChI=1S/C19H25N5O5/c1-13(20-18(26)14-3-2-4-16(11-14)24(28)29)19(27)23-9-7-22(8-10-23)12-17(25)21-15-5-6-15/h2-4,11,13,15H,5-10,12H2,1H3,(H,20,26)(H,21,25)/t13-/m0/s1. The molecule has 0 bridgehead atoms. The molecule has 1 saturated heterocycles. The number of nitro benzene ring substituents is 1. The minimum Gasteiger partial charge on any atom is -0.352 e. The number of nitro groups is 1. The Balaban J connectivity index is 1.46. The van der Waals surface area contributed by atoms with Crippen LogP contribution in [0.15, 0.2) is 24.3 Å². The second kappa shape index (κ2) is 8.99. The Kier molecular flexibility index (Phi) is 6.42. The highest BCUT2D eigenvalue weighted by Gasteiger charge is 2.28. The first kappa shape index (κ1) is 20.7. The van der Waals surface area contributed by atoms with Crippen molar-refractivity contribution in [2.45, 2.75) is 31.8 Å². The highest BCUT2D eigenvalue weighted by Crippen LogP contribution is 2.18. The van der Waals surface area contributed by atoms with Gasteiger partial charge < -0.3 is 15.5 Å². The number of nitrogens with one attached hydrogen (secondary N) is 2. The Morgan fingerprint density at radius 2 is 1.90 bits per heavy atom. The molecule has 1 aromatic carbocycles. The number of hydrogen-bond donors (Lipinski definition) is 2. The van der Waals surface area contributed by atoms with E-state index in [-0.39, 0.29) is 23.1 Å². The van der Waals surface area contributed by atoms with Crippen LogP contribution in [0.1, 0.15) is 30.1 Å². The maximum atomic E-state index is 12.6. The van der Waals surface area contributed by atoms with Gasteiger partial charge in [-0.15, -0.1) is 0 Å². The van der Waals surface area contributed by atoms with E-state index < -0.39 is 16.9 Å². The molecular formula is C19H25N5O5. The smallest absolute Gasteiger partial charge is 0.270 e. The van der Waals surface area contributed by atoms with Crippen molar-refractivity contribution >= 4 is 23.4 Å². The first-order chi connectivity index (χ1) is 13.8. The Labute approximate surface area is 168 Å². The predicted molar refractivity (Wildman–Crippen MR) is 104 cm³/mol. The van der Waals surface area contributed by atoms with Crippen LogP contribution in [0, 0.1) is 10.1 Å². The van der Waals surface area contributed by atoms with Gasteiger partial charge in [-0.05, 0) is 25.8 Å². The lowest BCUT2D eigenvalue weighted by Crippen LogP contribution is -2.55. The number of rotatable bonds is 7. The molecule has 0 aromatic heterocycles. The first-order valence-electron chi connectivity index (χ1n) is 9.69. The van der Waals surface area contributed by atoms with Crippen LogP contribution in [-0.4, -0.2) is 77.3 Å². The topological polar surface area (TPSA) is 125 Å². The van der Waals surface area contributed by atoms with Gasteiger partial charge in [0.15, 0.2) is 0 Å². The highest BCUT2D eigenvalue weighted by atomic mass is 16.6. The third-order valence-electron chi connectivity index (χ3n) is 5.03. The molecule has 156 valence electrons. The summed E-state index contributed by atoms with van der Waals surface area (Å²) in [5, 5.41) is 16.4. The van der Waals surface area contributed by atoms with Crippen LogP contribution in [-0.2, 0) is 9.59 Å². The molecule has 1 heterocycles. The van der Waals surface area contributed by atoms with E-state index in [1.54, 1.807) is 11.8 Å². The fraction of sp³-hybridized carbons (Fsp3) is 0.526. The van der Waals surface area contributed by atoms with Gasteiger partial charge in [0.05, 0.1) is 11.5 Å². The summed E-state index contributed by atoms with van der Waals surface area (Å²) in [5.41, 5.74) is -0.0520. The summed E-state index contributed by atoms with van der Waals surface area (Å²) in [6.07, 6.45) is 2.10. The van der Waals surface area contributed by atoms with E-state index >= 15 is 0 Å². The Bertz CT molecular complexity index is 802. The van der Waals surface area contributed by atoms with Crippen LogP contribution in [0.2, 0.25) is 0 Å². The minimum atomic E-state index is -0.758. The van der Waals surface area contributed by atoms with Gasteiger partial charge in [-0.3, -0.25) is 29.4 Å². The van der Waals surface area contributed by atoms with Crippen molar-refractivity contribution < 1.29 is 19.3 Å².